The lowest BCUT2D eigenvalue weighted by Gasteiger charge is -2.29. The number of nitrogens with zero attached hydrogens (tertiary/aromatic N) is 1. The van der Waals surface area contributed by atoms with Gasteiger partial charge >= 0.3 is 0 Å². The van der Waals surface area contributed by atoms with E-state index in [1.54, 1.807) is 0 Å². The van der Waals surface area contributed by atoms with Gasteiger partial charge in [-0.3, -0.25) is 9.69 Å². The number of hydrogen-bond donors (Lipinski definition) is 2. The van der Waals surface area contributed by atoms with Crippen molar-refractivity contribution >= 4 is 5.91 Å². The molecule has 0 aliphatic heterocycles. The molecular weight excluding hydrogens is 226 g/mol. The fraction of sp³-hybridized carbons (Fsp3) is 0.929. The molecule has 0 bridgehead atoms. The first kappa shape index (κ1) is 15.4. The largest absolute Gasteiger partial charge is 0.352 e. The van der Waals surface area contributed by atoms with E-state index in [2.05, 4.69) is 24.1 Å². The van der Waals surface area contributed by atoms with E-state index in [0.29, 0.717) is 24.5 Å². The van der Waals surface area contributed by atoms with E-state index < -0.39 is 0 Å². The molecule has 1 aliphatic rings. The van der Waals surface area contributed by atoms with Crippen molar-refractivity contribution in [2.24, 2.45) is 11.7 Å². The van der Waals surface area contributed by atoms with Crippen molar-refractivity contribution in [2.75, 3.05) is 20.1 Å². The Morgan fingerprint density at radius 2 is 2.06 bits per heavy atom. The molecule has 4 heteroatoms. The molecule has 1 rings (SSSR count). The van der Waals surface area contributed by atoms with Crippen LogP contribution in [-0.4, -0.2) is 43.0 Å². The number of amides is 1. The molecule has 4 nitrogen and oxygen atoms in total. The number of nitrogens with two attached hydrogens (primary N) is 1. The van der Waals surface area contributed by atoms with Gasteiger partial charge in [0.15, 0.2) is 0 Å². The van der Waals surface area contributed by atoms with Gasteiger partial charge in [0, 0.05) is 12.1 Å². The first-order valence-corrected chi connectivity index (χ1v) is 7.32. The van der Waals surface area contributed by atoms with E-state index >= 15 is 0 Å². The minimum absolute atomic E-state index is 0.147. The van der Waals surface area contributed by atoms with Crippen LogP contribution in [0.4, 0.5) is 0 Å². The summed E-state index contributed by atoms with van der Waals surface area (Å²) in [5.74, 6) is 0.713. The predicted octanol–water partition coefficient (Wildman–Crippen LogP) is 1.35. The number of hydrogen-bond acceptors (Lipinski definition) is 3. The number of rotatable bonds is 7. The zero-order valence-corrected chi connectivity index (χ0v) is 12.1. The third-order valence-corrected chi connectivity index (χ3v) is 4.23. The molecular formula is C14H29N3O. The quantitative estimate of drug-likeness (QED) is 0.722. The predicted molar refractivity (Wildman–Crippen MR) is 75.3 cm³/mol. The molecule has 0 saturated heterocycles. The molecule has 1 aliphatic carbocycles. The van der Waals surface area contributed by atoms with Crippen LogP contribution in [0.2, 0.25) is 0 Å². The maximum atomic E-state index is 11.9. The van der Waals surface area contributed by atoms with Crippen molar-refractivity contribution in [3.05, 3.63) is 0 Å². The van der Waals surface area contributed by atoms with Crippen LogP contribution in [0, 0.1) is 5.92 Å². The van der Waals surface area contributed by atoms with Gasteiger partial charge in [-0.15, -0.1) is 0 Å². The van der Waals surface area contributed by atoms with E-state index in [1.807, 2.05) is 7.05 Å². The van der Waals surface area contributed by atoms with Crippen molar-refractivity contribution in [1.82, 2.24) is 10.2 Å². The molecule has 0 spiro atoms. The standard InChI is InChI=1S/C14H29N3O/c1-4-12(5-2)16-14(18)10-17(3)13-8-6-7-11(13)9-15/h11-13H,4-10,15H2,1-3H3,(H,16,18). The van der Waals surface area contributed by atoms with Crippen LogP contribution in [0.5, 0.6) is 0 Å². The van der Waals surface area contributed by atoms with Crippen LogP contribution in [0.3, 0.4) is 0 Å². The molecule has 1 amide bonds. The monoisotopic (exact) mass is 255 g/mol. The number of nitrogens with one attached hydrogen (secondary N) is 1. The Labute approximate surface area is 111 Å². The summed E-state index contributed by atoms with van der Waals surface area (Å²) < 4.78 is 0. The van der Waals surface area contributed by atoms with Crippen molar-refractivity contribution in [3.8, 4) is 0 Å². The van der Waals surface area contributed by atoms with Crippen LogP contribution in [0.1, 0.15) is 46.0 Å². The Bertz CT molecular complexity index is 253. The van der Waals surface area contributed by atoms with Gasteiger partial charge in [-0.2, -0.15) is 0 Å². The number of carbonyl (C=O) groups is 1. The van der Waals surface area contributed by atoms with Crippen molar-refractivity contribution < 1.29 is 4.79 Å². The summed E-state index contributed by atoms with van der Waals surface area (Å²) in [5.41, 5.74) is 5.79. The summed E-state index contributed by atoms with van der Waals surface area (Å²) in [4.78, 5) is 14.1. The second-order valence-electron chi connectivity index (χ2n) is 5.49. The minimum atomic E-state index is 0.147. The fourth-order valence-corrected chi connectivity index (χ4v) is 2.98. The summed E-state index contributed by atoms with van der Waals surface area (Å²) in [7, 11) is 2.05. The molecule has 2 unspecified atom stereocenters. The molecule has 3 N–H and O–H groups in total. The van der Waals surface area contributed by atoms with Gasteiger partial charge in [-0.05, 0) is 45.2 Å². The Kier molecular flexibility index (Phi) is 6.65. The van der Waals surface area contributed by atoms with Gasteiger partial charge in [0.2, 0.25) is 5.91 Å². The lowest BCUT2D eigenvalue weighted by molar-refractivity contribution is -0.123. The average molecular weight is 255 g/mol. The second-order valence-corrected chi connectivity index (χ2v) is 5.49. The van der Waals surface area contributed by atoms with Crippen molar-refractivity contribution in [3.63, 3.8) is 0 Å². The summed E-state index contributed by atoms with van der Waals surface area (Å²) in [6.45, 7) is 5.46. The van der Waals surface area contributed by atoms with Gasteiger partial charge in [-0.1, -0.05) is 20.3 Å². The fourth-order valence-electron chi connectivity index (χ4n) is 2.98. The topological polar surface area (TPSA) is 58.4 Å². The smallest absolute Gasteiger partial charge is 0.234 e. The number of likely N-dealkylation sites (N-methyl/N-ethyl adjacent to an activating group) is 1. The van der Waals surface area contributed by atoms with Gasteiger partial charge in [0.1, 0.15) is 0 Å². The van der Waals surface area contributed by atoms with E-state index in [4.69, 9.17) is 5.73 Å². The Morgan fingerprint density at radius 3 is 2.61 bits per heavy atom. The SMILES string of the molecule is CCC(CC)NC(=O)CN(C)C1CCCC1CN. The number of carbonyl (C=O) groups excluding carboxylic acids is 1. The van der Waals surface area contributed by atoms with E-state index in [9.17, 15) is 4.79 Å². The highest BCUT2D eigenvalue weighted by Crippen LogP contribution is 2.28. The average Bonchev–Trinajstić information content (AvgIpc) is 2.84. The normalized spacial score (nSPS) is 23.9. The van der Waals surface area contributed by atoms with Crippen LogP contribution < -0.4 is 11.1 Å². The zero-order valence-electron chi connectivity index (χ0n) is 12.1. The molecule has 0 aromatic rings. The Hall–Kier alpha value is -0.610. The molecule has 1 fully saturated rings. The zero-order chi connectivity index (χ0) is 13.5. The summed E-state index contributed by atoms with van der Waals surface area (Å²) in [5, 5.41) is 3.09. The molecule has 18 heavy (non-hydrogen) atoms. The highest BCUT2D eigenvalue weighted by atomic mass is 16.2. The molecule has 0 aromatic carbocycles. The maximum absolute atomic E-state index is 11.9. The second kappa shape index (κ2) is 7.74. The van der Waals surface area contributed by atoms with Crippen LogP contribution in [0.15, 0.2) is 0 Å². The summed E-state index contributed by atoms with van der Waals surface area (Å²) in [6.07, 6.45) is 5.63. The first-order chi connectivity index (χ1) is 8.62. The van der Waals surface area contributed by atoms with Gasteiger partial charge in [-0.25, -0.2) is 0 Å². The molecule has 0 radical (unpaired) electrons. The van der Waals surface area contributed by atoms with E-state index in [-0.39, 0.29) is 5.91 Å². The third kappa shape index (κ3) is 4.25. The van der Waals surface area contributed by atoms with E-state index in [0.717, 1.165) is 19.4 Å². The van der Waals surface area contributed by atoms with Crippen LogP contribution in [-0.2, 0) is 4.79 Å². The molecule has 0 heterocycles. The minimum Gasteiger partial charge on any atom is -0.352 e. The highest BCUT2D eigenvalue weighted by molar-refractivity contribution is 5.78. The Balaban J connectivity index is 2.39. The lowest BCUT2D eigenvalue weighted by atomic mass is 10.0. The van der Waals surface area contributed by atoms with Crippen molar-refractivity contribution in [1.29, 1.82) is 0 Å². The third-order valence-electron chi connectivity index (χ3n) is 4.23. The molecule has 2 atom stereocenters. The van der Waals surface area contributed by atoms with Gasteiger partial charge in [0.25, 0.3) is 0 Å². The maximum Gasteiger partial charge on any atom is 0.234 e. The Morgan fingerprint density at radius 1 is 1.39 bits per heavy atom. The van der Waals surface area contributed by atoms with Crippen molar-refractivity contribution in [2.45, 2.75) is 58.0 Å². The van der Waals surface area contributed by atoms with E-state index in [1.165, 1.54) is 19.3 Å². The lowest BCUT2D eigenvalue weighted by Crippen LogP contribution is -2.45. The first-order valence-electron chi connectivity index (χ1n) is 7.32. The molecule has 1 saturated carbocycles. The van der Waals surface area contributed by atoms with Gasteiger partial charge in [0.05, 0.1) is 6.54 Å². The van der Waals surface area contributed by atoms with Gasteiger partial charge < -0.3 is 11.1 Å². The van der Waals surface area contributed by atoms with Crippen LogP contribution in [0.25, 0.3) is 0 Å². The van der Waals surface area contributed by atoms with Crippen LogP contribution >= 0.6 is 0 Å². The summed E-state index contributed by atoms with van der Waals surface area (Å²) in [6, 6.07) is 0.808. The highest BCUT2D eigenvalue weighted by Gasteiger charge is 2.30. The summed E-state index contributed by atoms with van der Waals surface area (Å²) >= 11 is 0. The molecule has 106 valence electrons. The molecule has 0 aromatic heterocycles.